The van der Waals surface area contributed by atoms with E-state index in [2.05, 4.69) is 23.5 Å². The molecule has 1 aliphatic rings. The van der Waals surface area contributed by atoms with Crippen molar-refractivity contribution in [1.29, 1.82) is 0 Å². The van der Waals surface area contributed by atoms with Crippen molar-refractivity contribution < 1.29 is 14.6 Å². The van der Waals surface area contributed by atoms with E-state index in [0.29, 0.717) is 6.42 Å². The molecule has 0 bridgehead atoms. The first-order valence-electron chi connectivity index (χ1n) is 8.55. The number of nitrogens with one attached hydrogen (secondary N) is 1. The van der Waals surface area contributed by atoms with Crippen molar-refractivity contribution in [1.82, 2.24) is 5.32 Å². The Hall–Kier alpha value is -3.03. The third-order valence-corrected chi connectivity index (χ3v) is 7.18. The zero-order valence-electron chi connectivity index (χ0n) is 14.7. The maximum absolute atomic E-state index is 12.7. The van der Waals surface area contributed by atoms with Gasteiger partial charge in [-0.2, -0.15) is 0 Å². The number of nitro benzene ring substituents is 2. The quantitative estimate of drug-likeness (QED) is 0.317. The van der Waals surface area contributed by atoms with Crippen molar-refractivity contribution in [3.8, 4) is 0 Å². The van der Waals surface area contributed by atoms with E-state index >= 15 is 0 Å². The monoisotopic (exact) mass is 447 g/mol. The van der Waals surface area contributed by atoms with Crippen LogP contribution in [0.25, 0.3) is 0 Å². The van der Waals surface area contributed by atoms with Crippen LogP contribution in [0.5, 0.6) is 0 Å². The second kappa shape index (κ2) is 8.77. The number of hydrogen-bond acceptors (Lipinski definition) is 5. The Bertz CT molecular complexity index is 900. The molecule has 0 saturated carbocycles. The third-order valence-electron chi connectivity index (χ3n) is 4.31. The molecule has 3 rings (SSSR count). The topological polar surface area (TPSA) is 115 Å². The Morgan fingerprint density at radius 1 is 0.964 bits per heavy atom. The summed E-state index contributed by atoms with van der Waals surface area (Å²) in [5.74, 6) is -0.541. The second-order valence-electron chi connectivity index (χ2n) is 6.24. The number of hydrogen-bond donors (Lipinski definition) is 1. The SMILES string of the molecule is O=C(N[C@@H]1CC=CC[C@H]1[Se]c1ccccc1)c1cc([N+](=O)[O-])cc([N+](=O)[O-])c1. The average Bonchev–Trinajstić information content (AvgIpc) is 2.69. The maximum atomic E-state index is 12.7. The molecule has 8 nitrogen and oxygen atoms in total. The van der Waals surface area contributed by atoms with E-state index in [-0.39, 0.29) is 31.4 Å². The molecular formula is C19H17N3O5Se. The Morgan fingerprint density at radius 3 is 2.18 bits per heavy atom. The number of nitrogens with zero attached hydrogens (tertiary/aromatic N) is 2. The fraction of sp³-hybridized carbons (Fsp3) is 0.211. The van der Waals surface area contributed by atoms with E-state index in [0.717, 1.165) is 24.6 Å². The molecule has 144 valence electrons. The number of carbonyl (C=O) groups excluding carboxylic acids is 1. The fourth-order valence-electron chi connectivity index (χ4n) is 2.93. The molecule has 9 heteroatoms. The first-order valence-corrected chi connectivity index (χ1v) is 10.4. The molecular weight excluding hydrogens is 429 g/mol. The first-order chi connectivity index (χ1) is 13.4. The van der Waals surface area contributed by atoms with Crippen LogP contribution < -0.4 is 9.78 Å². The zero-order chi connectivity index (χ0) is 20.1. The van der Waals surface area contributed by atoms with Crippen LogP contribution in [-0.2, 0) is 0 Å². The molecule has 0 unspecified atom stereocenters. The van der Waals surface area contributed by atoms with E-state index in [4.69, 9.17) is 0 Å². The molecule has 1 N–H and O–H groups in total. The number of rotatable bonds is 6. The van der Waals surface area contributed by atoms with E-state index in [9.17, 15) is 25.0 Å². The van der Waals surface area contributed by atoms with Crippen molar-refractivity contribution in [3.05, 3.63) is 86.5 Å². The zero-order valence-corrected chi connectivity index (χ0v) is 16.4. The number of allylic oxidation sites excluding steroid dienone is 1. The number of benzene rings is 2. The summed E-state index contributed by atoms with van der Waals surface area (Å²) < 4.78 is 1.22. The molecule has 0 aliphatic heterocycles. The van der Waals surface area contributed by atoms with Gasteiger partial charge in [-0.25, -0.2) is 0 Å². The van der Waals surface area contributed by atoms with Crippen LogP contribution in [-0.4, -0.2) is 36.8 Å². The molecule has 0 fully saturated rings. The Kier molecular flexibility index (Phi) is 6.18. The van der Waals surface area contributed by atoms with Gasteiger partial charge in [0.1, 0.15) is 0 Å². The summed E-state index contributed by atoms with van der Waals surface area (Å²) in [5.41, 5.74) is -1.04. The molecule has 2 aromatic rings. The van der Waals surface area contributed by atoms with Crippen molar-refractivity contribution in [2.24, 2.45) is 0 Å². The predicted molar refractivity (Wildman–Crippen MR) is 105 cm³/mol. The molecule has 28 heavy (non-hydrogen) atoms. The van der Waals surface area contributed by atoms with Crippen LogP contribution in [0.4, 0.5) is 11.4 Å². The molecule has 1 amide bonds. The van der Waals surface area contributed by atoms with Gasteiger partial charge in [0.25, 0.3) is 0 Å². The van der Waals surface area contributed by atoms with Gasteiger partial charge in [0.05, 0.1) is 0 Å². The normalized spacial score (nSPS) is 18.4. The van der Waals surface area contributed by atoms with Crippen LogP contribution in [0, 0.1) is 20.2 Å². The minimum atomic E-state index is -0.742. The molecule has 2 aromatic carbocycles. The van der Waals surface area contributed by atoms with E-state index in [1.54, 1.807) is 0 Å². The number of carbonyl (C=O) groups is 1. The van der Waals surface area contributed by atoms with Crippen molar-refractivity contribution in [3.63, 3.8) is 0 Å². The van der Waals surface area contributed by atoms with Gasteiger partial charge in [0, 0.05) is 0 Å². The summed E-state index contributed by atoms with van der Waals surface area (Å²) in [6, 6.07) is 12.9. The standard InChI is InChI=1S/C19H17N3O5Se/c23-19(13-10-14(21(24)25)12-15(11-13)22(26)27)20-17-8-4-5-9-18(17)28-16-6-2-1-3-7-16/h1-7,10-12,17-18H,8-9H2,(H,20,23)/t17-,18-/m1/s1. The summed E-state index contributed by atoms with van der Waals surface area (Å²) >= 11 is 0.138. The van der Waals surface area contributed by atoms with E-state index < -0.39 is 27.1 Å². The van der Waals surface area contributed by atoms with Gasteiger partial charge in [0.2, 0.25) is 0 Å². The van der Waals surface area contributed by atoms with Gasteiger partial charge < -0.3 is 0 Å². The second-order valence-corrected chi connectivity index (χ2v) is 9.00. The van der Waals surface area contributed by atoms with Gasteiger partial charge in [-0.1, -0.05) is 0 Å². The summed E-state index contributed by atoms with van der Waals surface area (Å²) in [6.45, 7) is 0. The Balaban J connectivity index is 1.79. The molecule has 0 saturated heterocycles. The van der Waals surface area contributed by atoms with Crippen molar-refractivity contribution in [2.45, 2.75) is 23.7 Å². The predicted octanol–water partition coefficient (Wildman–Crippen LogP) is 2.77. The molecule has 0 heterocycles. The van der Waals surface area contributed by atoms with Gasteiger partial charge in [0.15, 0.2) is 0 Å². The average molecular weight is 446 g/mol. The summed E-state index contributed by atoms with van der Waals surface area (Å²) in [7, 11) is 0. The number of nitro groups is 2. The molecule has 0 aromatic heterocycles. The number of non-ortho nitro benzene ring substituents is 2. The van der Waals surface area contributed by atoms with Gasteiger partial charge in [-0.05, 0) is 0 Å². The van der Waals surface area contributed by atoms with Gasteiger partial charge >= 0.3 is 167 Å². The summed E-state index contributed by atoms with van der Waals surface area (Å²) in [6.07, 6.45) is 5.57. The number of amides is 1. The minimum absolute atomic E-state index is 0.0820. The Labute approximate surface area is 167 Å². The third kappa shape index (κ3) is 4.82. The summed E-state index contributed by atoms with van der Waals surface area (Å²) in [5, 5.41) is 25.0. The van der Waals surface area contributed by atoms with Crippen LogP contribution in [0.1, 0.15) is 23.2 Å². The van der Waals surface area contributed by atoms with Crippen LogP contribution in [0.3, 0.4) is 0 Å². The Morgan fingerprint density at radius 2 is 1.57 bits per heavy atom. The molecule has 1 aliphatic carbocycles. The molecule has 0 radical (unpaired) electrons. The fourth-order valence-corrected chi connectivity index (χ4v) is 5.48. The van der Waals surface area contributed by atoms with Crippen LogP contribution in [0.15, 0.2) is 60.7 Å². The van der Waals surface area contributed by atoms with Crippen molar-refractivity contribution in [2.75, 3.05) is 0 Å². The van der Waals surface area contributed by atoms with E-state index in [1.807, 2.05) is 24.3 Å². The molecule has 2 atom stereocenters. The van der Waals surface area contributed by atoms with Gasteiger partial charge in [-0.15, -0.1) is 0 Å². The first kappa shape index (κ1) is 19.7. The van der Waals surface area contributed by atoms with Crippen LogP contribution >= 0.6 is 0 Å². The molecule has 0 spiro atoms. The van der Waals surface area contributed by atoms with Crippen LogP contribution in [0.2, 0.25) is 4.82 Å². The summed E-state index contributed by atoms with van der Waals surface area (Å²) in [4.78, 5) is 33.5. The van der Waals surface area contributed by atoms with Crippen molar-refractivity contribution >= 4 is 36.7 Å². The van der Waals surface area contributed by atoms with E-state index in [1.165, 1.54) is 4.46 Å². The van der Waals surface area contributed by atoms with Gasteiger partial charge in [-0.3, -0.25) is 0 Å².